The second-order valence-corrected chi connectivity index (χ2v) is 4.12. The minimum atomic E-state index is 0.588. The summed E-state index contributed by atoms with van der Waals surface area (Å²) in [7, 11) is 1.59. The molecule has 0 fully saturated rings. The van der Waals surface area contributed by atoms with Gasteiger partial charge < -0.3 is 4.74 Å². The molecule has 0 aliphatic rings. The first-order valence-electron chi connectivity index (χ1n) is 3.92. The molecule has 0 saturated heterocycles. The Hall–Kier alpha value is -1.24. The second-order valence-electron chi connectivity index (χ2n) is 2.73. The number of hydrogen-bond donors (Lipinski definition) is 0. The van der Waals surface area contributed by atoms with Gasteiger partial charge in [-0.25, -0.2) is 0 Å². The first-order valence-corrected chi connectivity index (χ1v) is 5.12. The lowest BCUT2D eigenvalue weighted by molar-refractivity contribution is 0.427. The van der Waals surface area contributed by atoms with Crippen LogP contribution in [0.3, 0.4) is 0 Å². The maximum absolute atomic E-state index is 8.73. The molecule has 0 spiro atoms. The van der Waals surface area contributed by atoms with E-state index in [1.807, 2.05) is 6.07 Å². The Balaban J connectivity index is 2.75. The summed E-state index contributed by atoms with van der Waals surface area (Å²) < 4.78 is 6.14. The van der Waals surface area contributed by atoms with Crippen molar-refractivity contribution in [3.05, 3.63) is 28.8 Å². The van der Waals surface area contributed by atoms with Gasteiger partial charge in [0, 0.05) is 10.1 Å². The van der Waals surface area contributed by atoms with Crippen LogP contribution in [0.4, 0.5) is 0 Å². The normalized spacial score (nSPS) is 10.1. The van der Waals surface area contributed by atoms with E-state index in [4.69, 9.17) is 21.6 Å². The molecule has 0 amide bonds. The standard InChI is InChI=1S/C10H6ClNOS/c1-13-10-9(11)7-4-6(5-12)2-3-8(7)14-10/h2-4H,1H3. The molecule has 0 atom stereocenters. The molecule has 0 saturated carbocycles. The summed E-state index contributed by atoms with van der Waals surface area (Å²) in [5.41, 5.74) is 0.611. The van der Waals surface area contributed by atoms with Gasteiger partial charge in [-0.15, -0.1) is 0 Å². The number of thiophene rings is 1. The number of nitriles is 1. The van der Waals surface area contributed by atoms with Crippen LogP contribution in [0, 0.1) is 11.3 Å². The third-order valence-corrected chi connectivity index (χ3v) is 3.53. The van der Waals surface area contributed by atoms with E-state index in [0.29, 0.717) is 15.6 Å². The lowest BCUT2D eigenvalue weighted by Crippen LogP contribution is -1.76. The number of halogens is 1. The predicted molar refractivity (Wildman–Crippen MR) is 58.1 cm³/mol. The number of ether oxygens (including phenoxy) is 1. The smallest absolute Gasteiger partial charge is 0.193 e. The van der Waals surface area contributed by atoms with Crippen LogP contribution >= 0.6 is 22.9 Å². The minimum absolute atomic E-state index is 0.588. The lowest BCUT2D eigenvalue weighted by Gasteiger charge is -1.92. The number of fused-ring (bicyclic) bond motifs is 1. The van der Waals surface area contributed by atoms with E-state index in [2.05, 4.69) is 6.07 Å². The third-order valence-electron chi connectivity index (χ3n) is 1.91. The minimum Gasteiger partial charge on any atom is -0.486 e. The molecule has 2 nitrogen and oxygen atoms in total. The van der Waals surface area contributed by atoms with Gasteiger partial charge in [-0.2, -0.15) is 5.26 Å². The van der Waals surface area contributed by atoms with Gasteiger partial charge in [-0.3, -0.25) is 0 Å². The lowest BCUT2D eigenvalue weighted by atomic mass is 10.2. The summed E-state index contributed by atoms with van der Waals surface area (Å²) in [6, 6.07) is 7.51. The van der Waals surface area contributed by atoms with E-state index < -0.39 is 0 Å². The van der Waals surface area contributed by atoms with E-state index >= 15 is 0 Å². The van der Waals surface area contributed by atoms with Crippen molar-refractivity contribution in [3.8, 4) is 11.1 Å². The Morgan fingerprint density at radius 2 is 2.29 bits per heavy atom. The zero-order valence-electron chi connectivity index (χ0n) is 7.37. The van der Waals surface area contributed by atoms with E-state index in [9.17, 15) is 0 Å². The quantitative estimate of drug-likeness (QED) is 0.742. The molecule has 4 heteroatoms. The van der Waals surface area contributed by atoms with Crippen molar-refractivity contribution in [1.29, 1.82) is 5.26 Å². The van der Waals surface area contributed by atoms with E-state index in [-0.39, 0.29) is 0 Å². The average molecular weight is 224 g/mol. The molecule has 1 aromatic heterocycles. The van der Waals surface area contributed by atoms with Crippen molar-refractivity contribution in [3.63, 3.8) is 0 Å². The molecule has 70 valence electrons. The average Bonchev–Trinajstić information content (AvgIpc) is 2.55. The molecule has 1 aromatic carbocycles. The summed E-state index contributed by atoms with van der Waals surface area (Å²) >= 11 is 7.54. The highest BCUT2D eigenvalue weighted by molar-refractivity contribution is 7.21. The van der Waals surface area contributed by atoms with Gasteiger partial charge >= 0.3 is 0 Å². The van der Waals surface area contributed by atoms with Crippen molar-refractivity contribution in [2.24, 2.45) is 0 Å². The van der Waals surface area contributed by atoms with Crippen LogP contribution in [0.25, 0.3) is 10.1 Å². The molecule has 0 aliphatic heterocycles. The Morgan fingerprint density at radius 3 is 2.93 bits per heavy atom. The zero-order valence-corrected chi connectivity index (χ0v) is 8.95. The van der Waals surface area contributed by atoms with E-state index in [1.54, 1.807) is 19.2 Å². The van der Waals surface area contributed by atoms with Crippen LogP contribution in [0.1, 0.15) is 5.56 Å². The van der Waals surface area contributed by atoms with Gasteiger partial charge in [0.2, 0.25) is 0 Å². The maximum Gasteiger partial charge on any atom is 0.193 e. The topological polar surface area (TPSA) is 33.0 Å². The van der Waals surface area contributed by atoms with Crippen molar-refractivity contribution in [1.82, 2.24) is 0 Å². The highest BCUT2D eigenvalue weighted by Gasteiger charge is 2.10. The van der Waals surface area contributed by atoms with Crippen molar-refractivity contribution in [2.45, 2.75) is 0 Å². The van der Waals surface area contributed by atoms with E-state index in [1.165, 1.54) is 11.3 Å². The summed E-state index contributed by atoms with van der Waals surface area (Å²) in [5.74, 6) is 0. The largest absolute Gasteiger partial charge is 0.486 e. The molecule has 2 rings (SSSR count). The van der Waals surface area contributed by atoms with Crippen LogP contribution in [0.15, 0.2) is 18.2 Å². The van der Waals surface area contributed by atoms with Crippen LogP contribution in [-0.4, -0.2) is 7.11 Å². The fraction of sp³-hybridized carbons (Fsp3) is 0.100. The Bertz CT molecular complexity index is 527. The maximum atomic E-state index is 8.73. The summed E-state index contributed by atoms with van der Waals surface area (Å²) in [6.45, 7) is 0. The van der Waals surface area contributed by atoms with Gasteiger partial charge in [0.1, 0.15) is 5.02 Å². The SMILES string of the molecule is COc1sc2ccc(C#N)cc2c1Cl. The monoisotopic (exact) mass is 223 g/mol. The Kier molecular flexibility index (Phi) is 2.32. The molecule has 1 heterocycles. The Labute approximate surface area is 90.3 Å². The fourth-order valence-electron chi connectivity index (χ4n) is 1.25. The van der Waals surface area contributed by atoms with Crippen LogP contribution in [0.2, 0.25) is 5.02 Å². The molecule has 0 N–H and O–H groups in total. The Morgan fingerprint density at radius 1 is 1.50 bits per heavy atom. The molecule has 0 bridgehead atoms. The highest BCUT2D eigenvalue weighted by Crippen LogP contribution is 2.41. The van der Waals surface area contributed by atoms with Crippen molar-refractivity contribution >= 4 is 33.0 Å². The van der Waals surface area contributed by atoms with Crippen molar-refractivity contribution < 1.29 is 4.74 Å². The van der Waals surface area contributed by atoms with E-state index in [0.717, 1.165) is 10.1 Å². The predicted octanol–water partition coefficient (Wildman–Crippen LogP) is 3.43. The van der Waals surface area contributed by atoms with Crippen LogP contribution in [-0.2, 0) is 0 Å². The number of rotatable bonds is 1. The van der Waals surface area contributed by atoms with Crippen LogP contribution < -0.4 is 4.74 Å². The number of hydrogen-bond acceptors (Lipinski definition) is 3. The first-order chi connectivity index (χ1) is 6.76. The third kappa shape index (κ3) is 1.33. The number of benzene rings is 1. The van der Waals surface area contributed by atoms with Gasteiger partial charge in [0.05, 0.1) is 18.7 Å². The summed E-state index contributed by atoms with van der Waals surface area (Å²) in [4.78, 5) is 0. The molecule has 0 unspecified atom stereocenters. The second kappa shape index (κ2) is 3.49. The molecule has 14 heavy (non-hydrogen) atoms. The van der Waals surface area contributed by atoms with Crippen LogP contribution in [0.5, 0.6) is 5.06 Å². The fourth-order valence-corrected chi connectivity index (χ4v) is 2.54. The number of methoxy groups -OCH3 is 1. The molecular formula is C10H6ClNOS. The zero-order chi connectivity index (χ0) is 10.1. The highest BCUT2D eigenvalue weighted by atomic mass is 35.5. The van der Waals surface area contributed by atoms with Gasteiger partial charge in [0.25, 0.3) is 0 Å². The molecule has 0 aliphatic carbocycles. The molecule has 2 aromatic rings. The molecule has 0 radical (unpaired) electrons. The van der Waals surface area contributed by atoms with Gasteiger partial charge in [-0.05, 0) is 18.2 Å². The summed E-state index contributed by atoms with van der Waals surface area (Å²) in [5, 5.41) is 10.9. The van der Waals surface area contributed by atoms with Gasteiger partial charge in [-0.1, -0.05) is 22.9 Å². The summed E-state index contributed by atoms with van der Waals surface area (Å²) in [6.07, 6.45) is 0. The number of nitrogens with zero attached hydrogens (tertiary/aromatic N) is 1. The molecular weight excluding hydrogens is 218 g/mol. The van der Waals surface area contributed by atoms with Gasteiger partial charge in [0.15, 0.2) is 5.06 Å². The van der Waals surface area contributed by atoms with Crippen molar-refractivity contribution in [2.75, 3.05) is 7.11 Å². The first kappa shape index (κ1) is 9.32.